The minimum atomic E-state index is -0.839. The summed E-state index contributed by atoms with van der Waals surface area (Å²) in [6.07, 6.45) is 84.8. The van der Waals surface area contributed by atoms with Gasteiger partial charge in [-0.2, -0.15) is 0 Å². The van der Waals surface area contributed by atoms with Crippen molar-refractivity contribution in [2.45, 2.75) is 302 Å². The Bertz CT molecular complexity index is 1190. The Kier molecular flexibility index (Phi) is 55.8. The molecule has 4 nitrogen and oxygen atoms in total. The summed E-state index contributed by atoms with van der Waals surface area (Å²) in [5, 5.41) is 23.1. The van der Waals surface area contributed by atoms with E-state index in [9.17, 15) is 15.0 Å². The smallest absolute Gasteiger partial charge is 0.220 e. The van der Waals surface area contributed by atoms with Gasteiger partial charge in [0.15, 0.2) is 0 Å². The second-order valence-electron chi connectivity index (χ2n) is 19.7. The van der Waals surface area contributed by atoms with Crippen LogP contribution in [0.1, 0.15) is 290 Å². The third-order valence-electron chi connectivity index (χ3n) is 13.1. The van der Waals surface area contributed by atoms with Crippen LogP contribution in [0.25, 0.3) is 0 Å². The lowest BCUT2D eigenvalue weighted by atomic mass is 10.0. The molecule has 4 heteroatoms. The van der Waals surface area contributed by atoms with Crippen LogP contribution in [0.5, 0.6) is 0 Å². The fraction of sp³-hybridized carbons (Fsp3) is 0.762. The van der Waals surface area contributed by atoms with Gasteiger partial charge in [-0.15, -0.1) is 0 Å². The predicted molar refractivity (Wildman–Crippen MR) is 299 cm³/mol. The van der Waals surface area contributed by atoms with Crippen molar-refractivity contribution in [3.8, 4) is 0 Å². The first-order valence-electron chi connectivity index (χ1n) is 29.3. The van der Waals surface area contributed by atoms with Gasteiger partial charge in [-0.1, -0.05) is 298 Å². The largest absolute Gasteiger partial charge is 0.394 e. The highest BCUT2D eigenvalue weighted by Crippen LogP contribution is 2.17. The number of carbonyl (C=O) groups is 1. The van der Waals surface area contributed by atoms with Crippen LogP contribution >= 0.6 is 0 Å². The number of rotatable bonds is 53. The zero-order valence-corrected chi connectivity index (χ0v) is 44.7. The molecular weight excluding hydrogens is 819 g/mol. The van der Waals surface area contributed by atoms with E-state index in [2.05, 4.69) is 92.1 Å². The van der Waals surface area contributed by atoms with Crippen LogP contribution in [0.3, 0.4) is 0 Å². The molecule has 0 aromatic carbocycles. The first-order chi connectivity index (χ1) is 33.2. The predicted octanol–water partition coefficient (Wildman–Crippen LogP) is 19.5. The van der Waals surface area contributed by atoms with Gasteiger partial charge in [-0.3, -0.25) is 4.79 Å². The molecule has 1 amide bonds. The van der Waals surface area contributed by atoms with Crippen molar-refractivity contribution >= 4 is 5.91 Å². The molecule has 0 aliphatic rings. The lowest BCUT2D eigenvalue weighted by Gasteiger charge is -2.20. The molecule has 67 heavy (non-hydrogen) atoms. The Morgan fingerprint density at radius 2 is 0.657 bits per heavy atom. The van der Waals surface area contributed by atoms with Crippen LogP contribution in [-0.4, -0.2) is 34.9 Å². The summed E-state index contributed by atoms with van der Waals surface area (Å²) < 4.78 is 0. The highest BCUT2D eigenvalue weighted by molar-refractivity contribution is 5.76. The molecule has 0 aromatic rings. The van der Waals surface area contributed by atoms with E-state index < -0.39 is 12.1 Å². The van der Waals surface area contributed by atoms with Crippen molar-refractivity contribution in [2.75, 3.05) is 6.61 Å². The van der Waals surface area contributed by atoms with Crippen LogP contribution in [0, 0.1) is 0 Å². The van der Waals surface area contributed by atoms with Crippen LogP contribution in [0.4, 0.5) is 0 Å². The summed E-state index contributed by atoms with van der Waals surface area (Å²) in [7, 11) is 0. The Morgan fingerprint density at radius 1 is 0.373 bits per heavy atom. The number of nitrogens with one attached hydrogen (secondary N) is 1. The SMILES string of the molecule is CC/C=C\C/C=C\C/C=C\C/C=C\C/C=C\C/C=C\CCCCCCCCCCCCCCCCCCCCCCCCC(=O)NC(CO)C(O)/C=C/CCCCCCCCCCCCCC. The molecule has 0 aliphatic carbocycles. The third kappa shape index (κ3) is 54.4. The van der Waals surface area contributed by atoms with Crippen LogP contribution in [0.2, 0.25) is 0 Å². The Labute approximate surface area is 418 Å². The summed E-state index contributed by atoms with van der Waals surface area (Å²) in [4.78, 5) is 12.5. The summed E-state index contributed by atoms with van der Waals surface area (Å²) >= 11 is 0. The molecule has 0 saturated carbocycles. The Balaban J connectivity index is 3.44. The summed E-state index contributed by atoms with van der Waals surface area (Å²) in [5.41, 5.74) is 0. The van der Waals surface area contributed by atoms with Crippen LogP contribution < -0.4 is 5.32 Å². The standard InChI is InChI=1S/C63H113NO3/c1-3-5-7-9-11-13-15-17-19-20-21-22-23-24-25-26-27-28-29-30-31-32-33-34-35-36-37-38-39-40-41-42-43-44-45-47-49-51-53-55-57-59-63(67)64-61(60-65)62(66)58-56-54-52-50-48-46-18-16-14-12-10-8-6-4-2/h5,7,11,13,17,19,21-22,24-25,27-28,56,58,61-62,65-66H,3-4,6,8-10,12,14-16,18,20,23,26,29-55,57,59-60H2,1-2H3,(H,64,67)/b7-5-,13-11-,19-17-,22-21-,25-24-,28-27-,58-56+. The van der Waals surface area contributed by atoms with Crippen molar-refractivity contribution in [3.05, 3.63) is 85.1 Å². The lowest BCUT2D eigenvalue weighted by Crippen LogP contribution is -2.45. The van der Waals surface area contributed by atoms with Gasteiger partial charge >= 0.3 is 0 Å². The van der Waals surface area contributed by atoms with Gasteiger partial charge in [0.05, 0.1) is 18.8 Å². The maximum atomic E-state index is 12.5. The zero-order valence-electron chi connectivity index (χ0n) is 44.7. The fourth-order valence-corrected chi connectivity index (χ4v) is 8.71. The van der Waals surface area contributed by atoms with E-state index in [-0.39, 0.29) is 12.5 Å². The van der Waals surface area contributed by atoms with Gasteiger partial charge in [0.25, 0.3) is 0 Å². The number of amides is 1. The number of unbranched alkanes of at least 4 members (excludes halogenated alkanes) is 34. The number of aliphatic hydroxyl groups is 2. The number of hydrogen-bond acceptors (Lipinski definition) is 3. The Hall–Kier alpha value is -2.43. The average Bonchev–Trinajstić information content (AvgIpc) is 3.33. The molecule has 2 atom stereocenters. The van der Waals surface area contributed by atoms with Crippen LogP contribution in [0.15, 0.2) is 85.1 Å². The zero-order chi connectivity index (χ0) is 48.5. The van der Waals surface area contributed by atoms with E-state index in [0.717, 1.165) is 64.2 Å². The van der Waals surface area contributed by atoms with Crippen molar-refractivity contribution < 1.29 is 15.0 Å². The highest BCUT2D eigenvalue weighted by Gasteiger charge is 2.18. The van der Waals surface area contributed by atoms with E-state index in [1.54, 1.807) is 6.08 Å². The summed E-state index contributed by atoms with van der Waals surface area (Å²) in [6, 6.07) is -0.622. The number of hydrogen-bond donors (Lipinski definition) is 3. The van der Waals surface area contributed by atoms with Gasteiger partial charge in [-0.05, 0) is 70.6 Å². The van der Waals surface area contributed by atoms with Crippen molar-refractivity contribution in [2.24, 2.45) is 0 Å². The normalized spacial score (nSPS) is 13.4. The molecule has 388 valence electrons. The van der Waals surface area contributed by atoms with E-state index >= 15 is 0 Å². The molecule has 0 rings (SSSR count). The molecule has 0 spiro atoms. The molecule has 0 bridgehead atoms. The molecule has 3 N–H and O–H groups in total. The first kappa shape index (κ1) is 64.6. The molecule has 0 radical (unpaired) electrons. The van der Waals surface area contributed by atoms with E-state index in [4.69, 9.17) is 0 Å². The van der Waals surface area contributed by atoms with Gasteiger partial charge in [-0.25, -0.2) is 0 Å². The average molecular weight is 933 g/mol. The topological polar surface area (TPSA) is 69.6 Å². The quantitative estimate of drug-likeness (QED) is 0.0420. The number of aliphatic hydroxyl groups excluding tert-OH is 2. The summed E-state index contributed by atoms with van der Waals surface area (Å²) in [5.74, 6) is -0.0618. The molecule has 0 aliphatic heterocycles. The molecule has 0 aromatic heterocycles. The van der Waals surface area contributed by atoms with E-state index in [0.29, 0.717) is 6.42 Å². The second-order valence-corrected chi connectivity index (χ2v) is 19.7. The number of allylic oxidation sites excluding steroid dienone is 13. The third-order valence-corrected chi connectivity index (χ3v) is 13.1. The van der Waals surface area contributed by atoms with Gasteiger partial charge in [0, 0.05) is 6.42 Å². The van der Waals surface area contributed by atoms with Gasteiger partial charge in [0.2, 0.25) is 5.91 Å². The monoisotopic (exact) mass is 932 g/mol. The maximum Gasteiger partial charge on any atom is 0.220 e. The Morgan fingerprint density at radius 3 is 0.985 bits per heavy atom. The maximum absolute atomic E-state index is 12.5. The molecular formula is C63H113NO3. The van der Waals surface area contributed by atoms with E-state index in [1.807, 2.05) is 6.08 Å². The van der Waals surface area contributed by atoms with Gasteiger partial charge in [0.1, 0.15) is 0 Å². The lowest BCUT2D eigenvalue weighted by molar-refractivity contribution is -0.123. The van der Waals surface area contributed by atoms with Crippen molar-refractivity contribution in [1.82, 2.24) is 5.32 Å². The molecule has 0 fully saturated rings. The second kappa shape index (κ2) is 57.9. The molecule has 0 saturated heterocycles. The molecule has 2 unspecified atom stereocenters. The van der Waals surface area contributed by atoms with Crippen molar-refractivity contribution in [1.29, 1.82) is 0 Å². The van der Waals surface area contributed by atoms with Crippen molar-refractivity contribution in [3.63, 3.8) is 0 Å². The number of carbonyl (C=O) groups excluding carboxylic acids is 1. The highest BCUT2D eigenvalue weighted by atomic mass is 16.3. The van der Waals surface area contributed by atoms with Gasteiger partial charge < -0.3 is 15.5 Å². The fourth-order valence-electron chi connectivity index (χ4n) is 8.71. The molecule has 0 heterocycles. The summed E-state index contributed by atoms with van der Waals surface area (Å²) in [6.45, 7) is 4.20. The minimum Gasteiger partial charge on any atom is -0.394 e. The van der Waals surface area contributed by atoms with E-state index in [1.165, 1.54) is 205 Å². The minimum absolute atomic E-state index is 0.0618. The van der Waals surface area contributed by atoms with Crippen LogP contribution in [-0.2, 0) is 4.79 Å². The first-order valence-corrected chi connectivity index (χ1v) is 29.3.